The molecule has 3 aromatic rings. The Hall–Kier alpha value is -3.83. The second kappa shape index (κ2) is 9.08. The van der Waals surface area contributed by atoms with Crippen molar-refractivity contribution in [1.82, 2.24) is 24.7 Å². The largest absolute Gasteiger partial charge is 0.356 e. The molecule has 0 unspecified atom stereocenters. The predicted molar refractivity (Wildman–Crippen MR) is 128 cm³/mol. The zero-order valence-electron chi connectivity index (χ0n) is 19.6. The monoisotopic (exact) mass is 483 g/mol. The number of pyridine rings is 1. The summed E-state index contributed by atoms with van der Waals surface area (Å²) in [6.45, 7) is 3.75. The summed E-state index contributed by atoms with van der Waals surface area (Å²) in [5.41, 5.74) is 3.27. The van der Waals surface area contributed by atoms with Crippen LogP contribution in [0.25, 0.3) is 0 Å². The van der Waals surface area contributed by atoms with Gasteiger partial charge in [0.15, 0.2) is 5.82 Å². The maximum atomic E-state index is 13.4. The first kappa shape index (κ1) is 22.9. The van der Waals surface area contributed by atoms with E-state index in [4.69, 9.17) is 0 Å². The van der Waals surface area contributed by atoms with Crippen LogP contribution in [0.5, 0.6) is 0 Å². The van der Waals surface area contributed by atoms with Gasteiger partial charge in [0, 0.05) is 57.5 Å². The van der Waals surface area contributed by atoms with E-state index in [1.165, 1.54) is 0 Å². The van der Waals surface area contributed by atoms with Crippen molar-refractivity contribution in [3.05, 3.63) is 47.5 Å². The third kappa shape index (κ3) is 5.15. The first-order chi connectivity index (χ1) is 16.8. The van der Waals surface area contributed by atoms with Gasteiger partial charge < -0.3 is 20.4 Å². The quantitative estimate of drug-likeness (QED) is 0.552. The number of hydrogen-bond donors (Lipinski definition) is 2. The molecular formula is C23H27F2N9O. The number of alkyl halides is 2. The molecule has 1 amide bonds. The predicted octanol–water partition coefficient (Wildman–Crippen LogP) is 2.66. The fourth-order valence-electron chi connectivity index (χ4n) is 4.24. The highest BCUT2D eigenvalue weighted by Crippen LogP contribution is 2.30. The molecule has 2 aliphatic rings. The molecule has 2 aliphatic heterocycles. The number of nitrogens with zero attached hydrogens (tertiary/aromatic N) is 7. The van der Waals surface area contributed by atoms with E-state index in [9.17, 15) is 13.6 Å². The summed E-state index contributed by atoms with van der Waals surface area (Å²) < 4.78 is 28.6. The van der Waals surface area contributed by atoms with Crippen LogP contribution in [0.2, 0.25) is 0 Å². The molecule has 184 valence electrons. The number of likely N-dealkylation sites (N-methyl/N-ethyl adjacent to an activating group) is 1. The van der Waals surface area contributed by atoms with Gasteiger partial charge in [-0.25, -0.2) is 18.7 Å². The van der Waals surface area contributed by atoms with E-state index >= 15 is 0 Å². The van der Waals surface area contributed by atoms with Crippen molar-refractivity contribution in [2.45, 2.75) is 38.8 Å². The number of piperidine rings is 1. The number of nitrogens with one attached hydrogen (secondary N) is 2. The number of carbonyl (C=O) groups excluding carboxylic acids is 1. The summed E-state index contributed by atoms with van der Waals surface area (Å²) in [6, 6.07) is 3.83. The molecule has 12 heteroatoms. The Balaban J connectivity index is 1.18. The van der Waals surface area contributed by atoms with Crippen molar-refractivity contribution < 1.29 is 13.6 Å². The van der Waals surface area contributed by atoms with E-state index in [1.807, 2.05) is 41.9 Å². The molecule has 1 saturated heterocycles. The molecule has 0 radical (unpaired) electrons. The number of halogens is 2. The van der Waals surface area contributed by atoms with Crippen LogP contribution >= 0.6 is 0 Å². The Kier molecular flexibility index (Phi) is 5.95. The fourth-order valence-corrected chi connectivity index (χ4v) is 4.24. The van der Waals surface area contributed by atoms with Gasteiger partial charge in [-0.15, -0.1) is 0 Å². The van der Waals surface area contributed by atoms with E-state index in [0.717, 1.165) is 16.9 Å². The van der Waals surface area contributed by atoms with Gasteiger partial charge in [-0.3, -0.25) is 9.48 Å². The van der Waals surface area contributed by atoms with E-state index in [-0.39, 0.29) is 25.3 Å². The molecule has 2 N–H and O–H groups in total. The van der Waals surface area contributed by atoms with Crippen molar-refractivity contribution in [2.24, 2.45) is 0 Å². The highest BCUT2D eigenvalue weighted by atomic mass is 19.3. The molecule has 0 saturated carbocycles. The maximum Gasteiger partial charge on any atom is 0.251 e. The van der Waals surface area contributed by atoms with Crippen LogP contribution in [0.3, 0.4) is 0 Å². The molecule has 5 rings (SSSR count). The van der Waals surface area contributed by atoms with Crippen molar-refractivity contribution in [3.63, 3.8) is 0 Å². The average molecular weight is 484 g/mol. The summed E-state index contributed by atoms with van der Waals surface area (Å²) in [5.74, 6) is -0.764. The standard InChI is InChI=1S/C23H27F2N9O/c1-15-20-21(32(2)14-19(35)30-20)31-22(29-15)27-10-17-11-28-34(13-17)12-16-3-4-18(26-9-16)33-7-5-23(24,25)6-8-33/h3-4,9,11,13H,5-8,10,12,14H2,1-2H3,(H,30,35)(H,27,29,31). The lowest BCUT2D eigenvalue weighted by Crippen LogP contribution is -2.39. The van der Waals surface area contributed by atoms with Gasteiger partial charge in [-0.2, -0.15) is 10.1 Å². The number of aromatic nitrogens is 5. The smallest absolute Gasteiger partial charge is 0.251 e. The van der Waals surface area contributed by atoms with Crippen LogP contribution in [0, 0.1) is 6.92 Å². The first-order valence-electron chi connectivity index (χ1n) is 11.5. The number of fused-ring (bicyclic) bond motifs is 1. The van der Waals surface area contributed by atoms with E-state index in [1.54, 1.807) is 17.3 Å². The van der Waals surface area contributed by atoms with Crippen LogP contribution in [0.1, 0.15) is 29.7 Å². The van der Waals surface area contributed by atoms with Crippen LogP contribution in [0.4, 0.5) is 32.1 Å². The number of amides is 1. The second-order valence-electron chi connectivity index (χ2n) is 9.00. The highest BCUT2D eigenvalue weighted by Gasteiger charge is 2.34. The zero-order chi connectivity index (χ0) is 24.6. The van der Waals surface area contributed by atoms with Gasteiger partial charge in [0.1, 0.15) is 11.5 Å². The molecule has 5 heterocycles. The van der Waals surface area contributed by atoms with Crippen molar-refractivity contribution in [2.75, 3.05) is 47.1 Å². The lowest BCUT2D eigenvalue weighted by molar-refractivity contribution is -0.115. The van der Waals surface area contributed by atoms with E-state index in [0.29, 0.717) is 49.3 Å². The lowest BCUT2D eigenvalue weighted by atomic mass is 10.1. The molecule has 0 atom stereocenters. The van der Waals surface area contributed by atoms with Crippen LogP contribution < -0.4 is 20.4 Å². The van der Waals surface area contributed by atoms with E-state index in [2.05, 4.69) is 30.7 Å². The third-order valence-electron chi connectivity index (χ3n) is 6.19. The van der Waals surface area contributed by atoms with Gasteiger partial charge in [-0.1, -0.05) is 6.07 Å². The van der Waals surface area contributed by atoms with Gasteiger partial charge in [0.25, 0.3) is 5.92 Å². The molecule has 0 spiro atoms. The first-order valence-corrected chi connectivity index (χ1v) is 11.5. The average Bonchev–Trinajstić information content (AvgIpc) is 3.26. The molecular weight excluding hydrogens is 456 g/mol. The van der Waals surface area contributed by atoms with Crippen molar-refractivity contribution in [3.8, 4) is 0 Å². The Bertz CT molecular complexity index is 1220. The van der Waals surface area contributed by atoms with Crippen LogP contribution in [-0.2, 0) is 17.9 Å². The topological polar surface area (TPSA) is 104 Å². The van der Waals surface area contributed by atoms with Crippen molar-refractivity contribution in [1.29, 1.82) is 0 Å². The normalized spacial score (nSPS) is 17.2. The lowest BCUT2D eigenvalue weighted by Gasteiger charge is -2.32. The number of anilines is 4. The Morgan fingerprint density at radius 1 is 1.14 bits per heavy atom. The molecule has 1 fully saturated rings. The maximum absolute atomic E-state index is 13.4. The highest BCUT2D eigenvalue weighted by molar-refractivity contribution is 6.00. The molecule has 10 nitrogen and oxygen atoms in total. The number of rotatable bonds is 6. The Morgan fingerprint density at radius 3 is 2.69 bits per heavy atom. The van der Waals surface area contributed by atoms with Crippen molar-refractivity contribution >= 4 is 29.2 Å². The zero-order valence-corrected chi connectivity index (χ0v) is 19.6. The van der Waals surface area contributed by atoms with Gasteiger partial charge >= 0.3 is 0 Å². The minimum absolute atomic E-state index is 0.0826. The molecule has 0 aromatic carbocycles. The van der Waals surface area contributed by atoms with Crippen LogP contribution in [-0.4, -0.2) is 63.2 Å². The van der Waals surface area contributed by atoms with Crippen LogP contribution in [0.15, 0.2) is 30.7 Å². The molecule has 3 aromatic heterocycles. The van der Waals surface area contributed by atoms with Gasteiger partial charge in [-0.05, 0) is 18.6 Å². The summed E-state index contributed by atoms with van der Waals surface area (Å²) in [5, 5.41) is 10.5. The summed E-state index contributed by atoms with van der Waals surface area (Å²) in [7, 11) is 1.82. The third-order valence-corrected chi connectivity index (χ3v) is 6.19. The number of carbonyl (C=O) groups is 1. The molecule has 35 heavy (non-hydrogen) atoms. The van der Waals surface area contributed by atoms with Gasteiger partial charge in [0.2, 0.25) is 11.9 Å². The summed E-state index contributed by atoms with van der Waals surface area (Å²) >= 11 is 0. The molecule has 0 bridgehead atoms. The fraction of sp³-hybridized carbons (Fsp3) is 0.435. The Morgan fingerprint density at radius 2 is 1.94 bits per heavy atom. The van der Waals surface area contributed by atoms with Gasteiger partial charge in [0.05, 0.1) is 25.0 Å². The Labute approximate surface area is 201 Å². The second-order valence-corrected chi connectivity index (χ2v) is 9.00. The SMILES string of the molecule is Cc1nc(NCc2cnn(Cc3ccc(N4CCC(F)(F)CC4)nc3)c2)nc2c1NC(=O)CN2C. The minimum atomic E-state index is -2.57. The minimum Gasteiger partial charge on any atom is -0.356 e. The van der Waals surface area contributed by atoms with E-state index < -0.39 is 5.92 Å². The number of hydrogen-bond acceptors (Lipinski definition) is 8. The molecule has 0 aliphatic carbocycles. The number of aryl methyl sites for hydroxylation is 1. The summed E-state index contributed by atoms with van der Waals surface area (Å²) in [4.78, 5) is 28.9. The summed E-state index contributed by atoms with van der Waals surface area (Å²) in [6.07, 6.45) is 5.21.